The number of benzene rings is 1. The summed E-state index contributed by atoms with van der Waals surface area (Å²) in [6, 6.07) is 9.72. The summed E-state index contributed by atoms with van der Waals surface area (Å²) in [4.78, 5) is 0. The largest absolute Gasteiger partial charge is 0.468 e. The van der Waals surface area contributed by atoms with Gasteiger partial charge in [0.25, 0.3) is 0 Å². The van der Waals surface area contributed by atoms with Crippen molar-refractivity contribution in [1.29, 1.82) is 0 Å². The van der Waals surface area contributed by atoms with E-state index in [4.69, 9.17) is 52.9 Å². The van der Waals surface area contributed by atoms with E-state index in [2.05, 4.69) is 0 Å². The smallest absolute Gasteiger partial charge is 0.220 e. The van der Waals surface area contributed by atoms with Crippen LogP contribution in [-0.4, -0.2) is 65.7 Å². The number of rotatable bonds is 4. The fourth-order valence-electron chi connectivity index (χ4n) is 3.09. The monoisotopic (exact) mass is 462 g/mol. The summed E-state index contributed by atoms with van der Waals surface area (Å²) in [5.74, 6) is 0. The molecule has 2 aliphatic heterocycles. The maximum Gasteiger partial charge on any atom is 0.220 e. The lowest BCUT2D eigenvalue weighted by molar-refractivity contribution is -0.353. The second-order valence-electron chi connectivity index (χ2n) is 6.03. The SMILES string of the molecule is CO[C@H]1O[C@@H]2COC(c3ccccc3)O[C@H]2[C@H](OC(=S)SC)[C@H]1OC(=S)SC. The molecule has 6 nitrogen and oxygen atoms in total. The van der Waals surface area contributed by atoms with Gasteiger partial charge in [0.2, 0.25) is 8.77 Å². The minimum absolute atomic E-state index is 0.329. The highest BCUT2D eigenvalue weighted by Gasteiger charge is 2.53. The van der Waals surface area contributed by atoms with E-state index >= 15 is 0 Å². The standard InChI is InChI=1S/C18H22O6S4/c1-19-16-14(24-18(26)28-3)13(23-17(25)27-2)12-11(21-16)9-20-15(22-12)10-7-5-4-6-8-10/h4-8,11-16H,9H2,1-3H3/t11-,12-,13+,14-,15?,16+/m1/s1. The number of thiocarbonyl (C=S) groups is 2. The molecule has 10 heteroatoms. The van der Waals surface area contributed by atoms with E-state index < -0.39 is 30.9 Å². The zero-order chi connectivity index (χ0) is 20.1. The molecule has 1 unspecified atom stereocenters. The second kappa shape index (κ2) is 10.5. The number of fused-ring (bicyclic) bond motifs is 1. The fourth-order valence-corrected chi connectivity index (χ4v) is 3.73. The molecule has 0 saturated carbocycles. The Morgan fingerprint density at radius 3 is 2.25 bits per heavy atom. The minimum atomic E-state index is -0.693. The van der Waals surface area contributed by atoms with Gasteiger partial charge in [-0.2, -0.15) is 0 Å². The molecule has 3 rings (SSSR count). The Hall–Kier alpha value is -0.460. The Morgan fingerprint density at radius 1 is 1.00 bits per heavy atom. The molecule has 0 amide bonds. The van der Waals surface area contributed by atoms with Crippen LogP contribution in [0.25, 0.3) is 0 Å². The van der Waals surface area contributed by atoms with Crippen LogP contribution < -0.4 is 0 Å². The molecular formula is C18H22O6S4. The molecule has 2 saturated heterocycles. The van der Waals surface area contributed by atoms with E-state index in [-0.39, 0.29) is 6.10 Å². The van der Waals surface area contributed by atoms with E-state index in [9.17, 15) is 0 Å². The van der Waals surface area contributed by atoms with Gasteiger partial charge in [-0.3, -0.25) is 0 Å². The first-order chi connectivity index (χ1) is 13.6. The van der Waals surface area contributed by atoms with Gasteiger partial charge in [0.15, 0.2) is 24.8 Å². The lowest BCUT2D eigenvalue weighted by Gasteiger charge is -2.48. The van der Waals surface area contributed by atoms with Gasteiger partial charge in [-0.1, -0.05) is 53.9 Å². The second-order valence-corrected chi connectivity index (χ2v) is 8.84. The summed E-state index contributed by atoms with van der Waals surface area (Å²) in [7, 11) is 1.55. The van der Waals surface area contributed by atoms with E-state index in [1.165, 1.54) is 23.5 Å². The van der Waals surface area contributed by atoms with E-state index in [0.29, 0.717) is 15.4 Å². The normalized spacial score (nSPS) is 32.2. The number of methoxy groups -OCH3 is 1. The van der Waals surface area contributed by atoms with Crippen LogP contribution >= 0.6 is 48.0 Å². The van der Waals surface area contributed by atoms with Gasteiger partial charge in [-0.15, -0.1) is 0 Å². The minimum Gasteiger partial charge on any atom is -0.468 e. The van der Waals surface area contributed by atoms with Crippen LogP contribution in [0.4, 0.5) is 0 Å². The molecule has 6 atom stereocenters. The molecule has 0 spiro atoms. The molecule has 28 heavy (non-hydrogen) atoms. The summed E-state index contributed by atoms with van der Waals surface area (Å²) in [6.45, 7) is 0.329. The summed E-state index contributed by atoms with van der Waals surface area (Å²) < 4.78 is 36.4. The summed E-state index contributed by atoms with van der Waals surface area (Å²) in [5.41, 5.74) is 0.915. The third kappa shape index (κ3) is 5.17. The third-order valence-corrected chi connectivity index (χ3v) is 6.44. The molecule has 2 heterocycles. The molecule has 0 aromatic heterocycles. The Kier molecular flexibility index (Phi) is 8.36. The molecule has 154 valence electrons. The Labute approximate surface area is 183 Å². The van der Waals surface area contributed by atoms with E-state index in [1.807, 2.05) is 42.8 Å². The van der Waals surface area contributed by atoms with Crippen LogP contribution in [0.2, 0.25) is 0 Å². The van der Waals surface area contributed by atoms with Gasteiger partial charge >= 0.3 is 0 Å². The van der Waals surface area contributed by atoms with E-state index in [0.717, 1.165) is 5.56 Å². The van der Waals surface area contributed by atoms with Crippen LogP contribution in [0.3, 0.4) is 0 Å². The Balaban J connectivity index is 1.86. The van der Waals surface area contributed by atoms with Crippen molar-refractivity contribution in [3.63, 3.8) is 0 Å². The first kappa shape index (κ1) is 22.2. The number of thioether (sulfide) groups is 2. The molecule has 0 bridgehead atoms. The molecule has 1 aromatic rings. The van der Waals surface area contributed by atoms with Gasteiger partial charge < -0.3 is 28.4 Å². The quantitative estimate of drug-likeness (QED) is 0.621. The lowest BCUT2D eigenvalue weighted by Crippen LogP contribution is -2.63. The highest BCUT2D eigenvalue weighted by Crippen LogP contribution is 2.37. The summed E-state index contributed by atoms with van der Waals surface area (Å²) in [6.07, 6.45) is 0.415. The molecule has 2 fully saturated rings. The molecule has 0 radical (unpaired) electrons. The van der Waals surface area contributed by atoms with Crippen molar-refractivity contribution in [2.45, 2.75) is 37.0 Å². The predicted molar refractivity (Wildman–Crippen MR) is 118 cm³/mol. The highest BCUT2D eigenvalue weighted by atomic mass is 32.2. The maximum atomic E-state index is 6.25. The Bertz CT molecular complexity index is 675. The predicted octanol–water partition coefficient (Wildman–Crippen LogP) is 3.54. The zero-order valence-corrected chi connectivity index (χ0v) is 18.9. The van der Waals surface area contributed by atoms with Crippen LogP contribution in [0.1, 0.15) is 11.9 Å². The summed E-state index contributed by atoms with van der Waals surface area (Å²) >= 11 is 13.2. The van der Waals surface area contributed by atoms with Crippen LogP contribution in [-0.2, 0) is 28.4 Å². The summed E-state index contributed by atoms with van der Waals surface area (Å²) in [5, 5.41) is 0. The van der Waals surface area contributed by atoms with Gasteiger partial charge in [0.05, 0.1) is 6.61 Å². The van der Waals surface area contributed by atoms with Gasteiger partial charge in [0.1, 0.15) is 12.2 Å². The van der Waals surface area contributed by atoms with Crippen molar-refractivity contribution in [2.75, 3.05) is 26.2 Å². The van der Waals surface area contributed by atoms with E-state index in [1.54, 1.807) is 7.11 Å². The van der Waals surface area contributed by atoms with Gasteiger partial charge in [-0.25, -0.2) is 0 Å². The van der Waals surface area contributed by atoms with Crippen LogP contribution in [0.15, 0.2) is 30.3 Å². The average Bonchev–Trinajstić information content (AvgIpc) is 2.74. The lowest BCUT2D eigenvalue weighted by atomic mass is 9.97. The number of hydrogen-bond donors (Lipinski definition) is 0. The Morgan fingerprint density at radius 2 is 1.64 bits per heavy atom. The number of ether oxygens (including phenoxy) is 6. The molecule has 0 N–H and O–H groups in total. The van der Waals surface area contributed by atoms with Gasteiger partial charge in [-0.05, 0) is 36.9 Å². The fraction of sp³-hybridized carbons (Fsp3) is 0.556. The van der Waals surface area contributed by atoms with Crippen LogP contribution in [0, 0.1) is 0 Å². The first-order valence-corrected chi connectivity index (χ1v) is 11.8. The molecule has 2 aliphatic rings. The van der Waals surface area contributed by atoms with Crippen molar-refractivity contribution in [3.05, 3.63) is 35.9 Å². The van der Waals surface area contributed by atoms with Crippen LogP contribution in [0.5, 0.6) is 0 Å². The topological polar surface area (TPSA) is 55.4 Å². The third-order valence-electron chi connectivity index (χ3n) is 4.39. The van der Waals surface area contributed by atoms with Crippen molar-refractivity contribution in [2.24, 2.45) is 0 Å². The molecule has 0 aliphatic carbocycles. The molecule has 1 aromatic carbocycles. The van der Waals surface area contributed by atoms with Crippen molar-refractivity contribution in [1.82, 2.24) is 0 Å². The highest BCUT2D eigenvalue weighted by molar-refractivity contribution is 8.22. The van der Waals surface area contributed by atoms with Gasteiger partial charge in [0, 0.05) is 12.7 Å². The maximum absolute atomic E-state index is 6.25. The first-order valence-electron chi connectivity index (χ1n) is 8.56. The zero-order valence-electron chi connectivity index (χ0n) is 15.6. The average molecular weight is 463 g/mol. The van der Waals surface area contributed by atoms with Crippen molar-refractivity contribution in [3.8, 4) is 0 Å². The van der Waals surface area contributed by atoms with Crippen molar-refractivity contribution >= 4 is 56.7 Å². The molecular weight excluding hydrogens is 440 g/mol. The van der Waals surface area contributed by atoms with Crippen molar-refractivity contribution < 1.29 is 28.4 Å². The number of hydrogen-bond acceptors (Lipinski definition) is 10.